The second-order valence-electron chi connectivity index (χ2n) is 6.74. The van der Waals surface area contributed by atoms with Gasteiger partial charge in [0.2, 0.25) is 0 Å². The van der Waals surface area contributed by atoms with Crippen molar-refractivity contribution in [1.82, 2.24) is 9.88 Å². The maximum absolute atomic E-state index is 12.9. The topological polar surface area (TPSA) is 62.3 Å². The highest BCUT2D eigenvalue weighted by atomic mass is 16.2. The minimum absolute atomic E-state index is 0.0305. The van der Waals surface area contributed by atoms with Gasteiger partial charge in [-0.05, 0) is 43.5 Å². The number of hydrogen-bond acceptors (Lipinski definition) is 3. The lowest BCUT2D eigenvalue weighted by Gasteiger charge is -2.27. The summed E-state index contributed by atoms with van der Waals surface area (Å²) in [5, 5.41) is 3.84. The molecule has 2 aromatic carbocycles. The van der Waals surface area contributed by atoms with E-state index in [9.17, 15) is 9.59 Å². The Kier molecular flexibility index (Phi) is 4.83. The van der Waals surface area contributed by atoms with Crippen molar-refractivity contribution in [3.05, 3.63) is 71.9 Å². The summed E-state index contributed by atoms with van der Waals surface area (Å²) >= 11 is 0. The summed E-state index contributed by atoms with van der Waals surface area (Å²) in [6, 6.07) is 18.4. The molecular formula is C22H21N3O2. The van der Waals surface area contributed by atoms with E-state index < -0.39 is 0 Å². The molecule has 0 bridgehead atoms. The van der Waals surface area contributed by atoms with E-state index in [1.165, 1.54) is 0 Å². The van der Waals surface area contributed by atoms with Crippen LogP contribution in [-0.2, 0) is 0 Å². The molecule has 0 atom stereocenters. The van der Waals surface area contributed by atoms with E-state index in [2.05, 4.69) is 10.3 Å². The molecule has 2 amide bonds. The van der Waals surface area contributed by atoms with Crippen LogP contribution in [0.1, 0.15) is 40.1 Å². The fourth-order valence-corrected chi connectivity index (χ4v) is 3.42. The first-order valence-electron chi connectivity index (χ1n) is 9.28. The van der Waals surface area contributed by atoms with Crippen molar-refractivity contribution < 1.29 is 9.59 Å². The van der Waals surface area contributed by atoms with Gasteiger partial charge in [-0.1, -0.05) is 36.4 Å². The maximum atomic E-state index is 12.9. The first-order valence-corrected chi connectivity index (χ1v) is 9.28. The number of fused-ring (bicyclic) bond motifs is 1. The lowest BCUT2D eigenvalue weighted by molar-refractivity contribution is 0.0725. The fourth-order valence-electron chi connectivity index (χ4n) is 3.42. The summed E-state index contributed by atoms with van der Waals surface area (Å²) in [4.78, 5) is 31.9. The summed E-state index contributed by atoms with van der Waals surface area (Å²) < 4.78 is 0. The second kappa shape index (κ2) is 7.58. The summed E-state index contributed by atoms with van der Waals surface area (Å²) in [6.45, 7) is 1.54. The first-order chi connectivity index (χ1) is 13.2. The quantitative estimate of drug-likeness (QED) is 0.765. The lowest BCUT2D eigenvalue weighted by Crippen LogP contribution is -2.36. The van der Waals surface area contributed by atoms with Gasteiger partial charge in [-0.3, -0.25) is 9.59 Å². The number of amides is 2. The Bertz CT molecular complexity index is 994. The van der Waals surface area contributed by atoms with Crippen LogP contribution in [0.2, 0.25) is 0 Å². The SMILES string of the molecule is O=C(Nc1ccccc1C(=O)N1CCCCC1)c1ccc2ccccc2n1. The molecule has 5 heteroatoms. The van der Waals surface area contributed by atoms with Crippen LogP contribution in [-0.4, -0.2) is 34.8 Å². The Hall–Kier alpha value is -3.21. The monoisotopic (exact) mass is 359 g/mol. The van der Waals surface area contributed by atoms with Gasteiger partial charge in [-0.2, -0.15) is 0 Å². The van der Waals surface area contributed by atoms with Crippen LogP contribution >= 0.6 is 0 Å². The van der Waals surface area contributed by atoms with Gasteiger partial charge in [-0.15, -0.1) is 0 Å². The van der Waals surface area contributed by atoms with E-state index in [0.29, 0.717) is 16.9 Å². The minimum atomic E-state index is -0.320. The van der Waals surface area contributed by atoms with Crippen LogP contribution in [0, 0.1) is 0 Å². The lowest BCUT2D eigenvalue weighted by atomic mass is 10.1. The molecule has 5 nitrogen and oxygen atoms in total. The van der Waals surface area contributed by atoms with Crippen molar-refractivity contribution in [2.45, 2.75) is 19.3 Å². The molecule has 1 fully saturated rings. The number of anilines is 1. The Labute approximate surface area is 158 Å². The predicted octanol–water partition coefficient (Wildman–Crippen LogP) is 4.11. The summed E-state index contributed by atoms with van der Waals surface area (Å²) in [7, 11) is 0. The molecule has 4 rings (SSSR count). The molecule has 0 spiro atoms. The van der Waals surface area contributed by atoms with Crippen molar-refractivity contribution in [2.75, 3.05) is 18.4 Å². The molecule has 136 valence electrons. The zero-order chi connectivity index (χ0) is 18.6. The number of carbonyl (C=O) groups excluding carboxylic acids is 2. The maximum Gasteiger partial charge on any atom is 0.274 e. The molecule has 27 heavy (non-hydrogen) atoms. The average molecular weight is 359 g/mol. The summed E-state index contributed by atoms with van der Waals surface area (Å²) in [6.07, 6.45) is 3.22. The number of carbonyl (C=O) groups is 2. The van der Waals surface area contributed by atoms with Gasteiger partial charge in [0, 0.05) is 18.5 Å². The highest BCUT2D eigenvalue weighted by Gasteiger charge is 2.21. The van der Waals surface area contributed by atoms with Crippen LogP contribution in [0.3, 0.4) is 0 Å². The number of nitrogens with one attached hydrogen (secondary N) is 1. The van der Waals surface area contributed by atoms with Gasteiger partial charge in [0.1, 0.15) is 5.69 Å². The molecule has 1 saturated heterocycles. The van der Waals surface area contributed by atoms with Crippen LogP contribution in [0.25, 0.3) is 10.9 Å². The van der Waals surface area contributed by atoms with E-state index in [1.807, 2.05) is 47.4 Å². The van der Waals surface area contributed by atoms with Crippen molar-refractivity contribution in [2.24, 2.45) is 0 Å². The van der Waals surface area contributed by atoms with Gasteiger partial charge in [0.25, 0.3) is 11.8 Å². The van der Waals surface area contributed by atoms with Gasteiger partial charge in [-0.25, -0.2) is 4.98 Å². The zero-order valence-electron chi connectivity index (χ0n) is 15.0. The Morgan fingerprint density at radius 3 is 2.44 bits per heavy atom. The highest BCUT2D eigenvalue weighted by molar-refractivity contribution is 6.08. The van der Waals surface area contributed by atoms with E-state index in [4.69, 9.17) is 0 Å². The molecule has 1 N–H and O–H groups in total. The van der Waals surface area contributed by atoms with Gasteiger partial charge in [0.05, 0.1) is 16.8 Å². The molecule has 3 aromatic rings. The number of nitrogens with zero attached hydrogens (tertiary/aromatic N) is 2. The normalized spacial score (nSPS) is 14.1. The Morgan fingerprint density at radius 2 is 1.59 bits per heavy atom. The molecular weight excluding hydrogens is 338 g/mol. The van der Waals surface area contributed by atoms with E-state index in [1.54, 1.807) is 18.2 Å². The highest BCUT2D eigenvalue weighted by Crippen LogP contribution is 2.21. The molecule has 1 aromatic heterocycles. The molecule has 0 saturated carbocycles. The summed E-state index contributed by atoms with van der Waals surface area (Å²) in [5.74, 6) is -0.350. The van der Waals surface area contributed by atoms with Crippen LogP contribution in [0.15, 0.2) is 60.7 Å². The van der Waals surface area contributed by atoms with Crippen LogP contribution < -0.4 is 5.32 Å². The van der Waals surface area contributed by atoms with Gasteiger partial charge in [0.15, 0.2) is 0 Å². The minimum Gasteiger partial charge on any atom is -0.339 e. The number of piperidine rings is 1. The first kappa shape index (κ1) is 17.2. The predicted molar refractivity (Wildman–Crippen MR) is 106 cm³/mol. The number of para-hydroxylation sites is 2. The van der Waals surface area contributed by atoms with E-state index in [0.717, 1.165) is 43.3 Å². The van der Waals surface area contributed by atoms with Crippen LogP contribution in [0.4, 0.5) is 5.69 Å². The number of rotatable bonds is 3. The number of benzene rings is 2. The van der Waals surface area contributed by atoms with Crippen molar-refractivity contribution in [3.8, 4) is 0 Å². The van der Waals surface area contributed by atoms with E-state index >= 15 is 0 Å². The van der Waals surface area contributed by atoms with Crippen molar-refractivity contribution in [3.63, 3.8) is 0 Å². The third-order valence-electron chi connectivity index (χ3n) is 4.88. The number of pyridine rings is 1. The molecule has 1 aliphatic heterocycles. The third kappa shape index (κ3) is 3.67. The summed E-state index contributed by atoms with van der Waals surface area (Å²) in [5.41, 5.74) is 2.14. The van der Waals surface area contributed by atoms with Gasteiger partial charge < -0.3 is 10.2 Å². The molecule has 0 radical (unpaired) electrons. The molecule has 0 aliphatic carbocycles. The smallest absolute Gasteiger partial charge is 0.274 e. The average Bonchev–Trinajstić information content (AvgIpc) is 2.74. The molecule has 2 heterocycles. The standard InChI is InChI=1S/C22H21N3O2/c26-21(20-13-12-16-8-2-4-10-18(16)23-20)24-19-11-5-3-9-17(19)22(27)25-14-6-1-7-15-25/h2-5,8-13H,1,6-7,14-15H2,(H,24,26). The van der Waals surface area contributed by atoms with Crippen molar-refractivity contribution >= 4 is 28.4 Å². The number of likely N-dealkylation sites (tertiary alicyclic amines) is 1. The third-order valence-corrected chi connectivity index (χ3v) is 4.88. The Balaban J connectivity index is 1.58. The number of hydrogen-bond donors (Lipinski definition) is 1. The number of aromatic nitrogens is 1. The molecule has 0 unspecified atom stereocenters. The van der Waals surface area contributed by atoms with Crippen molar-refractivity contribution in [1.29, 1.82) is 0 Å². The van der Waals surface area contributed by atoms with E-state index in [-0.39, 0.29) is 11.8 Å². The molecule has 1 aliphatic rings. The largest absolute Gasteiger partial charge is 0.339 e. The van der Waals surface area contributed by atoms with Gasteiger partial charge >= 0.3 is 0 Å². The second-order valence-corrected chi connectivity index (χ2v) is 6.74. The van der Waals surface area contributed by atoms with Crippen LogP contribution in [0.5, 0.6) is 0 Å². The zero-order valence-corrected chi connectivity index (χ0v) is 15.0. The fraction of sp³-hybridized carbons (Fsp3) is 0.227. The Morgan fingerprint density at radius 1 is 0.852 bits per heavy atom.